The fraction of sp³-hybridized carbons (Fsp3) is 0. The van der Waals surface area contributed by atoms with E-state index in [9.17, 15) is 0 Å². The number of aromatic nitrogens is 1. The van der Waals surface area contributed by atoms with E-state index in [-0.39, 0.29) is 0 Å². The maximum atomic E-state index is 2.40. The lowest BCUT2D eigenvalue weighted by molar-refractivity contribution is 1.49. The second-order valence-electron chi connectivity index (χ2n) is 3.43. The minimum absolute atomic E-state index is 1.29. The number of halogens is 2. The van der Waals surface area contributed by atoms with Gasteiger partial charge in [-0.25, -0.2) is 0 Å². The molecule has 15 heavy (non-hydrogen) atoms. The molecular formula is C12H7I2N. The molecule has 3 rings (SSSR count). The molecule has 0 atom stereocenters. The van der Waals surface area contributed by atoms with Crippen LogP contribution in [-0.2, 0) is 0 Å². The van der Waals surface area contributed by atoms with Crippen molar-refractivity contribution >= 4 is 67.3 Å². The van der Waals surface area contributed by atoms with Gasteiger partial charge in [0.05, 0.1) is 33.9 Å². The molecule has 1 nitrogen and oxygen atoms in total. The van der Waals surface area contributed by atoms with Crippen LogP contribution in [0, 0.1) is 3.57 Å². The highest BCUT2D eigenvalue weighted by Crippen LogP contribution is 2.33. The fourth-order valence-corrected chi connectivity index (χ4v) is 3.53. The van der Waals surface area contributed by atoms with Crippen molar-refractivity contribution in [3.05, 3.63) is 46.0 Å². The Labute approximate surface area is 115 Å². The van der Waals surface area contributed by atoms with Crippen LogP contribution in [0.25, 0.3) is 21.8 Å². The van der Waals surface area contributed by atoms with E-state index in [1.165, 1.54) is 25.4 Å². The Kier molecular flexibility index (Phi) is 2.39. The van der Waals surface area contributed by atoms with Gasteiger partial charge in [-0.2, -0.15) is 0 Å². The van der Waals surface area contributed by atoms with Gasteiger partial charge in [0, 0.05) is 14.3 Å². The first-order valence-electron chi connectivity index (χ1n) is 4.63. The van der Waals surface area contributed by atoms with Crippen molar-refractivity contribution < 1.29 is 0 Å². The maximum Gasteiger partial charge on any atom is 0.0646 e. The molecule has 2 aromatic carbocycles. The van der Waals surface area contributed by atoms with E-state index in [2.05, 4.69) is 90.7 Å². The van der Waals surface area contributed by atoms with Gasteiger partial charge < -0.3 is 0 Å². The van der Waals surface area contributed by atoms with E-state index in [0.717, 1.165) is 0 Å². The van der Waals surface area contributed by atoms with Crippen LogP contribution < -0.4 is 0 Å². The molecule has 0 spiro atoms. The van der Waals surface area contributed by atoms with Crippen LogP contribution in [-0.4, -0.2) is 2.78 Å². The molecule has 0 saturated carbocycles. The zero-order valence-electron chi connectivity index (χ0n) is 7.74. The molecule has 0 aliphatic carbocycles. The Morgan fingerprint density at radius 2 is 1.60 bits per heavy atom. The summed E-state index contributed by atoms with van der Waals surface area (Å²) in [6.45, 7) is 0. The zero-order valence-corrected chi connectivity index (χ0v) is 12.1. The summed E-state index contributed by atoms with van der Waals surface area (Å²) < 4.78 is 3.54. The molecule has 0 amide bonds. The predicted octanol–water partition coefficient (Wildman–Crippen LogP) is 4.60. The number of rotatable bonds is 0. The maximum absolute atomic E-state index is 2.40. The first-order valence-corrected chi connectivity index (χ1v) is 6.67. The molecule has 0 aliphatic heterocycles. The smallest absolute Gasteiger partial charge is 0.0646 e. The second-order valence-corrected chi connectivity index (χ2v) is 5.56. The summed E-state index contributed by atoms with van der Waals surface area (Å²) in [6, 6.07) is 15.0. The minimum atomic E-state index is 1.29. The monoisotopic (exact) mass is 419 g/mol. The van der Waals surface area contributed by atoms with Gasteiger partial charge in [-0.15, -0.1) is 0 Å². The summed E-state index contributed by atoms with van der Waals surface area (Å²) in [5, 5.41) is 2.70. The number of fused-ring (bicyclic) bond motifs is 3. The van der Waals surface area contributed by atoms with Gasteiger partial charge in [0.25, 0.3) is 0 Å². The van der Waals surface area contributed by atoms with E-state index in [4.69, 9.17) is 0 Å². The highest BCUT2D eigenvalue weighted by Gasteiger charge is 2.09. The standard InChI is InChI=1S/C12H7I2N/c13-9-5-3-7-11-12(9)8-4-1-2-6-10(8)15(11)14/h1-7H. The highest BCUT2D eigenvalue weighted by molar-refractivity contribution is 14.1. The topological polar surface area (TPSA) is 4.93 Å². The first-order chi connectivity index (χ1) is 7.29. The normalized spacial score (nSPS) is 11.3. The Hall–Kier alpha value is -0.300. The molecule has 0 fully saturated rings. The van der Waals surface area contributed by atoms with E-state index >= 15 is 0 Å². The van der Waals surface area contributed by atoms with E-state index in [1.54, 1.807) is 0 Å². The van der Waals surface area contributed by atoms with E-state index in [0.29, 0.717) is 0 Å². The van der Waals surface area contributed by atoms with Crippen LogP contribution in [0.3, 0.4) is 0 Å². The molecule has 0 saturated heterocycles. The average molecular weight is 419 g/mol. The molecule has 0 radical (unpaired) electrons. The highest BCUT2D eigenvalue weighted by atomic mass is 127. The molecule has 1 heterocycles. The molecule has 0 aliphatic rings. The lowest BCUT2D eigenvalue weighted by Gasteiger charge is -1.95. The fourth-order valence-electron chi connectivity index (χ4n) is 1.93. The lowest BCUT2D eigenvalue weighted by Crippen LogP contribution is -1.77. The van der Waals surface area contributed by atoms with Gasteiger partial charge in [-0.1, -0.05) is 24.3 Å². The van der Waals surface area contributed by atoms with E-state index < -0.39 is 0 Å². The number of hydrogen-bond acceptors (Lipinski definition) is 0. The number of para-hydroxylation sites is 1. The molecule has 1 aromatic heterocycles. The molecular weight excluding hydrogens is 412 g/mol. The van der Waals surface area contributed by atoms with Crippen LogP contribution >= 0.6 is 45.5 Å². The zero-order chi connectivity index (χ0) is 10.4. The molecule has 0 unspecified atom stereocenters. The quantitative estimate of drug-likeness (QED) is 0.470. The van der Waals surface area contributed by atoms with Crippen LogP contribution in [0.2, 0.25) is 0 Å². The number of benzene rings is 2. The van der Waals surface area contributed by atoms with Crippen molar-refractivity contribution in [1.82, 2.24) is 2.78 Å². The van der Waals surface area contributed by atoms with Crippen LogP contribution in [0.4, 0.5) is 0 Å². The largest absolute Gasteiger partial charge is 0.282 e. The van der Waals surface area contributed by atoms with Gasteiger partial charge in [0.1, 0.15) is 0 Å². The Bertz CT molecular complexity index is 655. The summed E-state index contributed by atoms with van der Waals surface area (Å²) in [5.41, 5.74) is 2.58. The van der Waals surface area contributed by atoms with Crippen molar-refractivity contribution in [2.75, 3.05) is 0 Å². The Morgan fingerprint density at radius 3 is 2.47 bits per heavy atom. The van der Waals surface area contributed by atoms with Crippen molar-refractivity contribution in [3.63, 3.8) is 0 Å². The third-order valence-corrected chi connectivity index (χ3v) is 4.53. The Morgan fingerprint density at radius 1 is 0.867 bits per heavy atom. The lowest BCUT2D eigenvalue weighted by atomic mass is 10.2. The van der Waals surface area contributed by atoms with Gasteiger partial charge in [0.2, 0.25) is 0 Å². The Balaban J connectivity index is 2.70. The van der Waals surface area contributed by atoms with Crippen LogP contribution in [0.5, 0.6) is 0 Å². The molecule has 74 valence electrons. The molecule has 3 aromatic rings. The van der Waals surface area contributed by atoms with Crippen molar-refractivity contribution in [2.45, 2.75) is 0 Å². The van der Waals surface area contributed by atoms with Crippen molar-refractivity contribution in [1.29, 1.82) is 0 Å². The third-order valence-electron chi connectivity index (χ3n) is 2.59. The molecule has 3 heteroatoms. The van der Waals surface area contributed by atoms with E-state index in [1.807, 2.05) is 0 Å². The number of nitrogens with zero attached hydrogens (tertiary/aromatic N) is 1. The van der Waals surface area contributed by atoms with Crippen molar-refractivity contribution in [3.8, 4) is 0 Å². The first kappa shape index (κ1) is 9.89. The van der Waals surface area contributed by atoms with Gasteiger partial charge in [0.15, 0.2) is 0 Å². The van der Waals surface area contributed by atoms with Gasteiger partial charge >= 0.3 is 0 Å². The average Bonchev–Trinajstić information content (AvgIpc) is 2.55. The predicted molar refractivity (Wildman–Crippen MR) is 81.6 cm³/mol. The van der Waals surface area contributed by atoms with Gasteiger partial charge in [-0.3, -0.25) is 2.78 Å². The summed E-state index contributed by atoms with van der Waals surface area (Å²) >= 11 is 4.76. The SMILES string of the molecule is Ic1cccc2c1c1ccccc1n2I. The second kappa shape index (κ2) is 3.62. The van der Waals surface area contributed by atoms with Crippen LogP contribution in [0.15, 0.2) is 42.5 Å². The summed E-state index contributed by atoms with van der Waals surface area (Å²) in [6.07, 6.45) is 0. The molecule has 0 bridgehead atoms. The van der Waals surface area contributed by atoms with Crippen molar-refractivity contribution in [2.24, 2.45) is 0 Å². The number of hydrogen-bond donors (Lipinski definition) is 0. The summed E-state index contributed by atoms with van der Waals surface area (Å²) in [5.74, 6) is 0. The van der Waals surface area contributed by atoms with Crippen LogP contribution in [0.1, 0.15) is 0 Å². The summed E-state index contributed by atoms with van der Waals surface area (Å²) in [7, 11) is 0. The minimum Gasteiger partial charge on any atom is -0.282 e. The molecule has 0 N–H and O–H groups in total. The third kappa shape index (κ3) is 1.39. The van der Waals surface area contributed by atoms with Gasteiger partial charge in [-0.05, 0) is 40.8 Å². The summed E-state index contributed by atoms with van der Waals surface area (Å²) in [4.78, 5) is 0.